The number of hydrogen-bond acceptors (Lipinski definition) is 3. The van der Waals surface area contributed by atoms with Crippen LogP contribution in [0.3, 0.4) is 0 Å². The van der Waals surface area contributed by atoms with E-state index < -0.39 is 6.10 Å². The quantitative estimate of drug-likeness (QED) is 0.826. The molecule has 1 unspecified atom stereocenters. The lowest BCUT2D eigenvalue weighted by Gasteiger charge is -2.29. The highest BCUT2D eigenvalue weighted by Crippen LogP contribution is 2.27. The Morgan fingerprint density at radius 3 is 2.53 bits per heavy atom. The molecule has 0 aromatic heterocycles. The van der Waals surface area contributed by atoms with Gasteiger partial charge in [0.15, 0.2) is 0 Å². The molecule has 0 heterocycles. The van der Waals surface area contributed by atoms with Gasteiger partial charge in [0.1, 0.15) is 5.82 Å². The fraction of sp³-hybridized carbons (Fsp3) is 0.600. The van der Waals surface area contributed by atoms with Crippen molar-refractivity contribution in [2.75, 3.05) is 31.7 Å². The van der Waals surface area contributed by atoms with Crippen LogP contribution in [0.15, 0.2) is 18.2 Å². The molecule has 0 spiro atoms. The maximum atomic E-state index is 13.3. The van der Waals surface area contributed by atoms with E-state index in [4.69, 9.17) is 4.74 Å². The molecule has 0 saturated heterocycles. The highest BCUT2D eigenvalue weighted by atomic mass is 19.1. The third-order valence-electron chi connectivity index (χ3n) is 2.93. The summed E-state index contributed by atoms with van der Waals surface area (Å²) in [4.78, 5) is 2.13. The fourth-order valence-electron chi connectivity index (χ4n) is 2.10. The standard InChI is InChI=1S/C15H24FNO2/c1-11(2)10-17(7-8-19-4)15-6-5-13(16)9-14(15)12(3)18/h5-6,9,11-12,18H,7-8,10H2,1-4H3. The lowest BCUT2D eigenvalue weighted by molar-refractivity contribution is 0.196. The molecule has 0 fully saturated rings. The Balaban J connectivity index is 3.05. The third kappa shape index (κ3) is 4.80. The number of benzene rings is 1. The van der Waals surface area contributed by atoms with Crippen LogP contribution in [0.2, 0.25) is 0 Å². The second-order valence-corrected chi connectivity index (χ2v) is 5.21. The van der Waals surface area contributed by atoms with Gasteiger partial charge < -0.3 is 14.7 Å². The molecule has 3 nitrogen and oxygen atoms in total. The summed E-state index contributed by atoms with van der Waals surface area (Å²) in [5.41, 5.74) is 1.50. The average Bonchev–Trinajstić information content (AvgIpc) is 2.34. The molecule has 0 amide bonds. The largest absolute Gasteiger partial charge is 0.389 e. The van der Waals surface area contributed by atoms with Crippen LogP contribution in [-0.4, -0.2) is 31.9 Å². The van der Waals surface area contributed by atoms with Crippen molar-refractivity contribution in [3.63, 3.8) is 0 Å². The summed E-state index contributed by atoms with van der Waals surface area (Å²) in [6, 6.07) is 4.57. The van der Waals surface area contributed by atoms with Crippen molar-refractivity contribution in [2.45, 2.75) is 26.9 Å². The molecule has 0 aliphatic carbocycles. The smallest absolute Gasteiger partial charge is 0.123 e. The van der Waals surface area contributed by atoms with Gasteiger partial charge in [0.05, 0.1) is 12.7 Å². The number of aliphatic hydroxyl groups excluding tert-OH is 1. The molecule has 1 rings (SSSR count). The molecule has 0 aliphatic rings. The maximum absolute atomic E-state index is 13.3. The summed E-state index contributed by atoms with van der Waals surface area (Å²) in [7, 11) is 1.66. The first kappa shape index (κ1) is 15.9. The molecule has 0 radical (unpaired) electrons. The SMILES string of the molecule is COCCN(CC(C)C)c1ccc(F)cc1C(C)O. The Hall–Kier alpha value is -1.13. The number of methoxy groups -OCH3 is 1. The van der Waals surface area contributed by atoms with E-state index >= 15 is 0 Å². The molecular formula is C15H24FNO2. The normalized spacial score (nSPS) is 12.8. The first-order valence-corrected chi connectivity index (χ1v) is 6.67. The van der Waals surface area contributed by atoms with Crippen molar-refractivity contribution in [3.05, 3.63) is 29.6 Å². The minimum absolute atomic E-state index is 0.323. The molecule has 0 aliphatic heterocycles. The zero-order valence-corrected chi connectivity index (χ0v) is 12.2. The van der Waals surface area contributed by atoms with E-state index in [0.29, 0.717) is 18.1 Å². The number of rotatable bonds is 7. The zero-order valence-electron chi connectivity index (χ0n) is 12.2. The monoisotopic (exact) mass is 269 g/mol. The van der Waals surface area contributed by atoms with Gasteiger partial charge in [-0.25, -0.2) is 4.39 Å². The third-order valence-corrected chi connectivity index (χ3v) is 2.93. The van der Waals surface area contributed by atoms with Gasteiger partial charge >= 0.3 is 0 Å². The van der Waals surface area contributed by atoms with Crippen LogP contribution in [0.25, 0.3) is 0 Å². The molecule has 1 aromatic carbocycles. The minimum Gasteiger partial charge on any atom is -0.389 e. The molecule has 1 N–H and O–H groups in total. The summed E-state index contributed by atoms with van der Waals surface area (Å²) >= 11 is 0. The fourth-order valence-corrected chi connectivity index (χ4v) is 2.10. The van der Waals surface area contributed by atoms with Gasteiger partial charge in [-0.3, -0.25) is 0 Å². The average molecular weight is 269 g/mol. The van der Waals surface area contributed by atoms with E-state index in [1.165, 1.54) is 12.1 Å². The predicted octanol–water partition coefficient (Wildman–Crippen LogP) is 2.99. The van der Waals surface area contributed by atoms with Crippen molar-refractivity contribution in [3.8, 4) is 0 Å². The summed E-state index contributed by atoms with van der Waals surface area (Å²) < 4.78 is 18.5. The Morgan fingerprint density at radius 2 is 2.00 bits per heavy atom. The summed E-state index contributed by atoms with van der Waals surface area (Å²) in [5, 5.41) is 9.81. The number of ether oxygens (including phenoxy) is 1. The highest BCUT2D eigenvalue weighted by Gasteiger charge is 2.16. The topological polar surface area (TPSA) is 32.7 Å². The molecule has 4 heteroatoms. The highest BCUT2D eigenvalue weighted by molar-refractivity contribution is 5.54. The van der Waals surface area contributed by atoms with Gasteiger partial charge in [-0.05, 0) is 31.0 Å². The van der Waals surface area contributed by atoms with Crippen LogP contribution in [0.1, 0.15) is 32.4 Å². The van der Waals surface area contributed by atoms with Gasteiger partial charge in [-0.15, -0.1) is 0 Å². The van der Waals surface area contributed by atoms with Crippen molar-refractivity contribution in [1.29, 1.82) is 0 Å². The van der Waals surface area contributed by atoms with Crippen molar-refractivity contribution in [1.82, 2.24) is 0 Å². The summed E-state index contributed by atoms with van der Waals surface area (Å²) in [6.45, 7) is 8.08. The zero-order chi connectivity index (χ0) is 14.4. The van der Waals surface area contributed by atoms with Gasteiger partial charge in [-0.1, -0.05) is 13.8 Å². The Labute approximate surface area is 115 Å². The number of aliphatic hydroxyl groups is 1. The van der Waals surface area contributed by atoms with Crippen molar-refractivity contribution >= 4 is 5.69 Å². The predicted molar refractivity (Wildman–Crippen MR) is 76.0 cm³/mol. The maximum Gasteiger partial charge on any atom is 0.123 e. The van der Waals surface area contributed by atoms with E-state index in [2.05, 4.69) is 18.7 Å². The van der Waals surface area contributed by atoms with E-state index in [-0.39, 0.29) is 5.82 Å². The minimum atomic E-state index is -0.692. The first-order valence-electron chi connectivity index (χ1n) is 6.67. The van der Waals surface area contributed by atoms with E-state index in [9.17, 15) is 9.50 Å². The van der Waals surface area contributed by atoms with E-state index in [1.54, 1.807) is 20.1 Å². The lowest BCUT2D eigenvalue weighted by Crippen LogP contribution is -2.32. The van der Waals surface area contributed by atoms with Gasteiger partial charge in [0.2, 0.25) is 0 Å². The van der Waals surface area contributed by atoms with Crippen LogP contribution in [0.4, 0.5) is 10.1 Å². The summed E-state index contributed by atoms with van der Waals surface area (Å²) in [6.07, 6.45) is -0.692. The van der Waals surface area contributed by atoms with Gasteiger partial charge in [-0.2, -0.15) is 0 Å². The lowest BCUT2D eigenvalue weighted by atomic mass is 10.1. The second kappa shape index (κ2) is 7.46. The number of nitrogens with zero attached hydrogens (tertiary/aromatic N) is 1. The molecule has 0 bridgehead atoms. The molecular weight excluding hydrogens is 245 g/mol. The van der Waals surface area contributed by atoms with Crippen molar-refractivity contribution in [2.24, 2.45) is 5.92 Å². The molecule has 19 heavy (non-hydrogen) atoms. The Morgan fingerprint density at radius 1 is 1.32 bits per heavy atom. The van der Waals surface area contributed by atoms with Gasteiger partial charge in [0, 0.05) is 31.5 Å². The molecule has 1 aromatic rings. The Bertz CT molecular complexity index is 394. The van der Waals surface area contributed by atoms with Crippen LogP contribution in [0.5, 0.6) is 0 Å². The van der Waals surface area contributed by atoms with Crippen LogP contribution in [-0.2, 0) is 4.74 Å². The number of hydrogen-bond donors (Lipinski definition) is 1. The van der Waals surface area contributed by atoms with E-state index in [0.717, 1.165) is 18.8 Å². The Kier molecular flexibility index (Phi) is 6.25. The van der Waals surface area contributed by atoms with Crippen LogP contribution >= 0.6 is 0 Å². The van der Waals surface area contributed by atoms with Crippen LogP contribution < -0.4 is 4.90 Å². The summed E-state index contributed by atoms with van der Waals surface area (Å²) in [5.74, 6) is 0.152. The molecule has 108 valence electrons. The number of halogens is 1. The molecule has 0 saturated carbocycles. The van der Waals surface area contributed by atoms with Crippen LogP contribution in [0, 0.1) is 11.7 Å². The van der Waals surface area contributed by atoms with E-state index in [1.807, 2.05) is 0 Å². The number of anilines is 1. The van der Waals surface area contributed by atoms with Gasteiger partial charge in [0.25, 0.3) is 0 Å². The molecule has 1 atom stereocenters. The van der Waals surface area contributed by atoms with Crippen molar-refractivity contribution < 1.29 is 14.2 Å². The first-order chi connectivity index (χ1) is 8.95. The second-order valence-electron chi connectivity index (χ2n) is 5.21.